The second-order valence-corrected chi connectivity index (χ2v) is 3.09. The maximum Gasteiger partial charge on any atom is 0.152 e. The highest BCUT2D eigenvalue weighted by atomic mass is 16.3. The molecular formula is C9H16N4O. The Morgan fingerprint density at radius 1 is 1.64 bits per heavy atom. The number of hydrogen-bond donors (Lipinski definition) is 3. The van der Waals surface area contributed by atoms with Gasteiger partial charge in [-0.1, -0.05) is 6.92 Å². The lowest BCUT2D eigenvalue weighted by Gasteiger charge is -2.16. The number of nitrogens with zero attached hydrogens (tertiary/aromatic N) is 2. The van der Waals surface area contributed by atoms with Crippen molar-refractivity contribution in [2.24, 2.45) is 0 Å². The van der Waals surface area contributed by atoms with Crippen molar-refractivity contribution in [3.8, 4) is 0 Å². The second kappa shape index (κ2) is 5.39. The Morgan fingerprint density at radius 3 is 3.00 bits per heavy atom. The molecule has 1 aromatic heterocycles. The van der Waals surface area contributed by atoms with E-state index in [4.69, 9.17) is 10.8 Å². The molecule has 0 radical (unpaired) electrons. The molecule has 0 fully saturated rings. The Hall–Kier alpha value is -1.36. The van der Waals surface area contributed by atoms with Crippen LogP contribution in [0.25, 0.3) is 0 Å². The van der Waals surface area contributed by atoms with Gasteiger partial charge in [0.05, 0.1) is 11.9 Å². The molecular weight excluding hydrogens is 180 g/mol. The molecule has 1 atom stereocenters. The Balaban J connectivity index is 2.62. The van der Waals surface area contributed by atoms with Gasteiger partial charge in [0.15, 0.2) is 5.82 Å². The van der Waals surface area contributed by atoms with Crippen LogP contribution in [0.1, 0.15) is 19.8 Å². The second-order valence-electron chi connectivity index (χ2n) is 3.09. The Bertz CT molecular complexity index is 279. The largest absolute Gasteiger partial charge is 0.396 e. The molecule has 4 N–H and O–H groups in total. The zero-order valence-corrected chi connectivity index (χ0v) is 8.27. The number of nitrogen functional groups attached to an aromatic ring is 1. The van der Waals surface area contributed by atoms with Crippen molar-refractivity contribution in [2.45, 2.75) is 25.8 Å². The minimum atomic E-state index is 0.163. The van der Waals surface area contributed by atoms with Crippen LogP contribution in [0.5, 0.6) is 0 Å². The van der Waals surface area contributed by atoms with E-state index in [1.54, 1.807) is 6.20 Å². The smallest absolute Gasteiger partial charge is 0.152 e. The standard InChI is InChI=1S/C9H16N4O/c1-2-7(3-4-14)13-9-8(10)5-11-6-12-9/h5-7,14H,2-4,10H2,1H3,(H,11,12,13). The van der Waals surface area contributed by atoms with E-state index in [2.05, 4.69) is 15.3 Å². The van der Waals surface area contributed by atoms with Crippen LogP contribution in [-0.2, 0) is 0 Å². The van der Waals surface area contributed by atoms with Crippen molar-refractivity contribution in [1.82, 2.24) is 9.97 Å². The molecule has 0 aliphatic rings. The molecule has 14 heavy (non-hydrogen) atoms. The predicted molar refractivity (Wildman–Crippen MR) is 55.8 cm³/mol. The molecule has 5 heteroatoms. The predicted octanol–water partition coefficient (Wildman–Crippen LogP) is 0.632. The molecule has 0 saturated heterocycles. The van der Waals surface area contributed by atoms with Crippen LogP contribution < -0.4 is 11.1 Å². The summed E-state index contributed by atoms with van der Waals surface area (Å²) in [5.74, 6) is 0.639. The fraction of sp³-hybridized carbons (Fsp3) is 0.556. The van der Waals surface area contributed by atoms with Gasteiger partial charge in [-0.25, -0.2) is 9.97 Å². The van der Waals surface area contributed by atoms with Gasteiger partial charge in [-0.15, -0.1) is 0 Å². The van der Waals surface area contributed by atoms with Gasteiger partial charge in [0, 0.05) is 12.6 Å². The summed E-state index contributed by atoms with van der Waals surface area (Å²) in [4.78, 5) is 7.82. The first kappa shape index (κ1) is 10.7. The van der Waals surface area contributed by atoms with E-state index in [0.717, 1.165) is 6.42 Å². The van der Waals surface area contributed by atoms with Crippen LogP contribution in [0, 0.1) is 0 Å². The summed E-state index contributed by atoms with van der Waals surface area (Å²) in [6, 6.07) is 0.206. The van der Waals surface area contributed by atoms with E-state index in [1.165, 1.54) is 6.33 Å². The quantitative estimate of drug-likeness (QED) is 0.643. The Labute approximate surface area is 83.4 Å². The highest BCUT2D eigenvalue weighted by molar-refractivity contribution is 5.59. The SMILES string of the molecule is CCC(CCO)Nc1ncncc1N. The average molecular weight is 196 g/mol. The number of rotatable bonds is 5. The minimum absolute atomic E-state index is 0.163. The first-order chi connectivity index (χ1) is 6.77. The number of hydrogen-bond acceptors (Lipinski definition) is 5. The van der Waals surface area contributed by atoms with Gasteiger partial charge in [0.1, 0.15) is 6.33 Å². The van der Waals surface area contributed by atoms with Crippen LogP contribution in [0.15, 0.2) is 12.5 Å². The normalized spacial score (nSPS) is 12.4. The van der Waals surface area contributed by atoms with Crippen molar-refractivity contribution in [3.05, 3.63) is 12.5 Å². The summed E-state index contributed by atoms with van der Waals surface area (Å²) in [7, 11) is 0. The number of aliphatic hydroxyl groups excluding tert-OH is 1. The monoisotopic (exact) mass is 196 g/mol. The van der Waals surface area contributed by atoms with Crippen LogP contribution in [-0.4, -0.2) is 27.7 Å². The van der Waals surface area contributed by atoms with Gasteiger partial charge in [-0.3, -0.25) is 0 Å². The molecule has 0 saturated carbocycles. The van der Waals surface area contributed by atoms with Gasteiger partial charge in [0.2, 0.25) is 0 Å². The van der Waals surface area contributed by atoms with Gasteiger partial charge >= 0.3 is 0 Å². The van der Waals surface area contributed by atoms with Gasteiger partial charge in [-0.05, 0) is 12.8 Å². The topological polar surface area (TPSA) is 84.1 Å². The third-order valence-corrected chi connectivity index (χ3v) is 2.05. The zero-order chi connectivity index (χ0) is 10.4. The lowest BCUT2D eigenvalue weighted by molar-refractivity contribution is 0.278. The molecule has 1 aromatic rings. The summed E-state index contributed by atoms with van der Waals surface area (Å²) in [6.07, 6.45) is 4.62. The molecule has 0 aliphatic heterocycles. The van der Waals surface area contributed by atoms with Gasteiger partial charge < -0.3 is 16.2 Å². The number of nitrogens with two attached hydrogens (primary N) is 1. The average Bonchev–Trinajstić information content (AvgIpc) is 2.20. The molecule has 0 spiro atoms. The molecule has 5 nitrogen and oxygen atoms in total. The molecule has 0 bridgehead atoms. The fourth-order valence-electron chi connectivity index (χ4n) is 1.19. The highest BCUT2D eigenvalue weighted by Crippen LogP contribution is 2.14. The first-order valence-electron chi connectivity index (χ1n) is 4.70. The number of aromatic nitrogens is 2. The van der Waals surface area contributed by atoms with E-state index >= 15 is 0 Å². The fourth-order valence-corrected chi connectivity index (χ4v) is 1.19. The first-order valence-corrected chi connectivity index (χ1v) is 4.70. The number of anilines is 2. The summed E-state index contributed by atoms with van der Waals surface area (Å²) in [6.45, 7) is 2.21. The van der Waals surface area contributed by atoms with Crippen molar-refractivity contribution in [1.29, 1.82) is 0 Å². The van der Waals surface area contributed by atoms with Crippen molar-refractivity contribution < 1.29 is 5.11 Å². The molecule has 1 heterocycles. The van der Waals surface area contributed by atoms with E-state index in [-0.39, 0.29) is 12.6 Å². The molecule has 0 aliphatic carbocycles. The molecule has 0 aromatic carbocycles. The van der Waals surface area contributed by atoms with E-state index in [1.807, 2.05) is 6.92 Å². The van der Waals surface area contributed by atoms with Crippen molar-refractivity contribution >= 4 is 11.5 Å². The molecule has 1 rings (SSSR count). The van der Waals surface area contributed by atoms with E-state index in [9.17, 15) is 0 Å². The van der Waals surface area contributed by atoms with Crippen molar-refractivity contribution in [2.75, 3.05) is 17.7 Å². The summed E-state index contributed by atoms with van der Waals surface area (Å²) < 4.78 is 0. The number of aliphatic hydroxyl groups is 1. The molecule has 1 unspecified atom stereocenters. The van der Waals surface area contributed by atoms with Gasteiger partial charge in [0.25, 0.3) is 0 Å². The zero-order valence-electron chi connectivity index (χ0n) is 8.27. The number of nitrogens with one attached hydrogen (secondary N) is 1. The Morgan fingerprint density at radius 2 is 2.43 bits per heavy atom. The van der Waals surface area contributed by atoms with Crippen molar-refractivity contribution in [3.63, 3.8) is 0 Å². The lowest BCUT2D eigenvalue weighted by atomic mass is 10.1. The minimum Gasteiger partial charge on any atom is -0.396 e. The molecule has 78 valence electrons. The van der Waals surface area contributed by atoms with Crippen LogP contribution in [0.2, 0.25) is 0 Å². The highest BCUT2D eigenvalue weighted by Gasteiger charge is 2.07. The van der Waals surface area contributed by atoms with Gasteiger partial charge in [-0.2, -0.15) is 0 Å². The van der Waals surface area contributed by atoms with Crippen LogP contribution in [0.4, 0.5) is 11.5 Å². The third-order valence-electron chi connectivity index (χ3n) is 2.05. The molecule has 0 amide bonds. The maximum atomic E-state index is 8.81. The maximum absolute atomic E-state index is 8.81. The van der Waals surface area contributed by atoms with E-state index < -0.39 is 0 Å². The van der Waals surface area contributed by atoms with E-state index in [0.29, 0.717) is 17.9 Å². The summed E-state index contributed by atoms with van der Waals surface area (Å²) in [5, 5.41) is 12.0. The van der Waals surface area contributed by atoms with Crippen LogP contribution >= 0.6 is 0 Å². The summed E-state index contributed by atoms with van der Waals surface area (Å²) in [5.41, 5.74) is 6.20. The van der Waals surface area contributed by atoms with Crippen LogP contribution in [0.3, 0.4) is 0 Å². The third kappa shape index (κ3) is 2.85. The Kier molecular flexibility index (Phi) is 4.12. The lowest BCUT2D eigenvalue weighted by Crippen LogP contribution is -2.21. The summed E-state index contributed by atoms with van der Waals surface area (Å²) >= 11 is 0.